The van der Waals surface area contributed by atoms with E-state index in [0.29, 0.717) is 20.9 Å². The molecule has 1 heterocycles. The highest BCUT2D eigenvalue weighted by atomic mass is 79.9. The molecule has 0 bridgehead atoms. The lowest BCUT2D eigenvalue weighted by Crippen LogP contribution is -2.11. The van der Waals surface area contributed by atoms with Gasteiger partial charge in [-0.25, -0.2) is 18.5 Å². The maximum Gasteiger partial charge on any atom is 0.257 e. The van der Waals surface area contributed by atoms with Crippen LogP contribution in [0.15, 0.2) is 51.8 Å². The summed E-state index contributed by atoms with van der Waals surface area (Å²) in [6.45, 7) is 0. The van der Waals surface area contributed by atoms with Crippen molar-refractivity contribution in [3.8, 4) is 0 Å². The molecule has 0 aliphatic heterocycles. The summed E-state index contributed by atoms with van der Waals surface area (Å²) in [5.41, 5.74) is 1.09. The Morgan fingerprint density at radius 2 is 1.87 bits per heavy atom. The van der Waals surface area contributed by atoms with E-state index < -0.39 is 10.0 Å². The first-order chi connectivity index (χ1) is 10.8. The second-order valence-corrected chi connectivity index (χ2v) is 8.16. The van der Waals surface area contributed by atoms with Crippen LogP contribution in [0.1, 0.15) is 10.4 Å². The molecule has 0 aliphatic rings. The number of primary sulfonamides is 1. The lowest BCUT2D eigenvalue weighted by atomic mass is 10.2. The third kappa shape index (κ3) is 3.58. The lowest BCUT2D eigenvalue weighted by Gasteiger charge is -2.01. The predicted octanol–water partition coefficient (Wildman–Crippen LogP) is 2.96. The molecule has 0 unspecified atom stereocenters. The van der Waals surface area contributed by atoms with E-state index >= 15 is 0 Å². The summed E-state index contributed by atoms with van der Waals surface area (Å²) in [5.74, 6) is -0.289. The number of amides is 1. The fourth-order valence-corrected chi connectivity index (χ4v) is 3.68. The zero-order valence-corrected chi connectivity index (χ0v) is 14.7. The molecule has 1 amide bonds. The maximum absolute atomic E-state index is 12.2. The topological polar surface area (TPSA) is 102 Å². The summed E-state index contributed by atoms with van der Waals surface area (Å²) in [7, 11) is -3.77. The van der Waals surface area contributed by atoms with Crippen molar-refractivity contribution in [2.75, 3.05) is 5.32 Å². The maximum atomic E-state index is 12.2. The molecule has 0 aliphatic carbocycles. The van der Waals surface area contributed by atoms with Crippen LogP contribution < -0.4 is 10.5 Å². The summed E-state index contributed by atoms with van der Waals surface area (Å²) in [5, 5.41) is 8.19. The number of anilines is 1. The molecule has 2 aromatic carbocycles. The van der Waals surface area contributed by atoms with Gasteiger partial charge in [0.2, 0.25) is 10.0 Å². The normalized spacial score (nSPS) is 11.6. The minimum absolute atomic E-state index is 0.0134. The average molecular weight is 412 g/mol. The van der Waals surface area contributed by atoms with Crippen LogP contribution in [-0.2, 0) is 10.0 Å². The number of carbonyl (C=O) groups is 1. The minimum atomic E-state index is -3.77. The third-order valence-electron chi connectivity index (χ3n) is 3.02. The molecule has 0 radical (unpaired) electrons. The Balaban J connectivity index is 1.89. The minimum Gasteiger partial charge on any atom is -0.298 e. The van der Waals surface area contributed by atoms with Gasteiger partial charge in [-0.2, -0.15) is 0 Å². The number of rotatable bonds is 3. The number of fused-ring (bicyclic) bond motifs is 1. The van der Waals surface area contributed by atoms with Crippen LogP contribution in [0.2, 0.25) is 0 Å². The molecule has 23 heavy (non-hydrogen) atoms. The predicted molar refractivity (Wildman–Crippen MR) is 93.1 cm³/mol. The Morgan fingerprint density at radius 3 is 2.52 bits per heavy atom. The van der Waals surface area contributed by atoms with E-state index in [0.717, 1.165) is 4.47 Å². The van der Waals surface area contributed by atoms with Gasteiger partial charge in [0.15, 0.2) is 5.13 Å². The van der Waals surface area contributed by atoms with Crippen molar-refractivity contribution < 1.29 is 13.2 Å². The van der Waals surface area contributed by atoms with Crippen LogP contribution in [0, 0.1) is 0 Å². The molecule has 6 nitrogen and oxygen atoms in total. The Kier molecular flexibility index (Phi) is 4.19. The number of sulfonamides is 1. The summed E-state index contributed by atoms with van der Waals surface area (Å²) >= 11 is 4.49. The van der Waals surface area contributed by atoms with E-state index in [2.05, 4.69) is 26.2 Å². The van der Waals surface area contributed by atoms with Crippen molar-refractivity contribution in [3.63, 3.8) is 0 Å². The van der Waals surface area contributed by atoms with Crippen molar-refractivity contribution in [2.45, 2.75) is 4.90 Å². The van der Waals surface area contributed by atoms with Gasteiger partial charge in [0.05, 0.1) is 15.1 Å². The summed E-state index contributed by atoms with van der Waals surface area (Å²) in [6.07, 6.45) is 0. The molecule has 0 saturated carbocycles. The van der Waals surface area contributed by atoms with Gasteiger partial charge in [0.1, 0.15) is 0 Å². The van der Waals surface area contributed by atoms with E-state index in [4.69, 9.17) is 5.14 Å². The number of halogens is 1. The van der Waals surface area contributed by atoms with Gasteiger partial charge in [-0.1, -0.05) is 27.3 Å². The number of hydrogen-bond donors (Lipinski definition) is 2. The smallest absolute Gasteiger partial charge is 0.257 e. The number of nitrogens with two attached hydrogens (primary N) is 1. The quantitative estimate of drug-likeness (QED) is 0.691. The van der Waals surface area contributed by atoms with Gasteiger partial charge in [-0.3, -0.25) is 10.1 Å². The Hall–Kier alpha value is -1.81. The monoisotopic (exact) mass is 411 g/mol. The summed E-state index contributed by atoms with van der Waals surface area (Å²) < 4.78 is 24.2. The van der Waals surface area contributed by atoms with E-state index in [1.165, 1.54) is 23.5 Å². The third-order valence-corrected chi connectivity index (χ3v) is 5.39. The fraction of sp³-hybridized carbons (Fsp3) is 0. The molecule has 0 atom stereocenters. The number of nitrogens with zero attached hydrogens (tertiary/aromatic N) is 1. The zero-order chi connectivity index (χ0) is 16.6. The first-order valence-electron chi connectivity index (χ1n) is 6.33. The van der Waals surface area contributed by atoms with E-state index in [1.807, 2.05) is 0 Å². The fourth-order valence-electron chi connectivity index (χ4n) is 1.91. The van der Waals surface area contributed by atoms with Gasteiger partial charge in [-0.05, 0) is 42.5 Å². The molecule has 0 spiro atoms. The number of carbonyl (C=O) groups excluding carboxylic acids is 1. The molecule has 118 valence electrons. The Bertz CT molecular complexity index is 998. The van der Waals surface area contributed by atoms with Gasteiger partial charge in [0.25, 0.3) is 5.91 Å². The zero-order valence-electron chi connectivity index (χ0n) is 11.5. The second kappa shape index (κ2) is 6.00. The van der Waals surface area contributed by atoms with Crippen molar-refractivity contribution in [1.29, 1.82) is 0 Å². The molecular weight excluding hydrogens is 402 g/mol. The number of nitrogens with one attached hydrogen (secondary N) is 1. The van der Waals surface area contributed by atoms with Crippen molar-refractivity contribution >= 4 is 58.5 Å². The number of thiazole rings is 1. The van der Waals surface area contributed by atoms with E-state index in [1.54, 1.807) is 30.3 Å². The highest BCUT2D eigenvalue weighted by molar-refractivity contribution is 9.10. The molecule has 3 rings (SSSR count). The number of aromatic nitrogens is 1. The first-order valence-corrected chi connectivity index (χ1v) is 9.49. The Labute approximate surface area is 144 Å². The molecule has 3 aromatic rings. The second-order valence-electron chi connectivity index (χ2n) is 4.65. The van der Waals surface area contributed by atoms with Crippen molar-refractivity contribution in [2.24, 2.45) is 5.14 Å². The molecule has 0 saturated heterocycles. The van der Waals surface area contributed by atoms with Crippen LogP contribution >= 0.6 is 27.3 Å². The molecule has 0 fully saturated rings. The summed E-state index contributed by atoms with van der Waals surface area (Å²) in [4.78, 5) is 16.4. The SMILES string of the molecule is NS(=O)(=O)c1ccc2nc(NC(=O)c3ccc(Br)cc3)sc2c1. The largest absolute Gasteiger partial charge is 0.298 e. The first kappa shape index (κ1) is 16.1. The van der Waals surface area contributed by atoms with Gasteiger partial charge >= 0.3 is 0 Å². The van der Waals surface area contributed by atoms with Crippen LogP contribution in [0.3, 0.4) is 0 Å². The lowest BCUT2D eigenvalue weighted by molar-refractivity contribution is 0.102. The van der Waals surface area contributed by atoms with Crippen LogP contribution in [0.5, 0.6) is 0 Å². The molecule has 9 heteroatoms. The molecular formula is C14H10BrN3O3S2. The van der Waals surface area contributed by atoms with Gasteiger partial charge in [-0.15, -0.1) is 0 Å². The molecule has 1 aromatic heterocycles. The van der Waals surface area contributed by atoms with E-state index in [9.17, 15) is 13.2 Å². The number of benzene rings is 2. The van der Waals surface area contributed by atoms with Gasteiger partial charge in [0, 0.05) is 10.0 Å². The van der Waals surface area contributed by atoms with Crippen LogP contribution in [0.4, 0.5) is 5.13 Å². The van der Waals surface area contributed by atoms with Crippen molar-refractivity contribution in [3.05, 3.63) is 52.5 Å². The summed E-state index contributed by atoms with van der Waals surface area (Å²) in [6, 6.07) is 11.3. The highest BCUT2D eigenvalue weighted by Gasteiger charge is 2.13. The standard InChI is InChI=1S/C14H10BrN3O3S2/c15-9-3-1-8(2-4-9)13(19)18-14-17-11-6-5-10(23(16,20)21)7-12(11)22-14/h1-7H,(H2,16,20,21)(H,17,18,19). The highest BCUT2D eigenvalue weighted by Crippen LogP contribution is 2.28. The molecule has 3 N–H and O–H groups in total. The van der Waals surface area contributed by atoms with Gasteiger partial charge < -0.3 is 0 Å². The van der Waals surface area contributed by atoms with E-state index in [-0.39, 0.29) is 10.8 Å². The van der Waals surface area contributed by atoms with Crippen molar-refractivity contribution in [1.82, 2.24) is 4.98 Å². The van der Waals surface area contributed by atoms with Crippen LogP contribution in [0.25, 0.3) is 10.2 Å². The van der Waals surface area contributed by atoms with Crippen LogP contribution in [-0.4, -0.2) is 19.3 Å². The number of hydrogen-bond acceptors (Lipinski definition) is 5. The average Bonchev–Trinajstić information content (AvgIpc) is 2.88. The Morgan fingerprint density at radius 1 is 1.17 bits per heavy atom.